The van der Waals surface area contributed by atoms with Crippen LogP contribution in [0, 0.1) is 18.6 Å². The summed E-state index contributed by atoms with van der Waals surface area (Å²) in [6.45, 7) is 7.92. The Morgan fingerprint density at radius 2 is 1.77 bits per heavy atom. The number of rotatable bonds is 4. The predicted molar refractivity (Wildman–Crippen MR) is 154 cm³/mol. The van der Waals surface area contributed by atoms with Crippen molar-refractivity contribution < 1.29 is 40.6 Å². The summed E-state index contributed by atoms with van der Waals surface area (Å²) in [6.07, 6.45) is -4.95. The molecule has 3 aromatic rings. The van der Waals surface area contributed by atoms with Crippen LogP contribution in [0.15, 0.2) is 6.07 Å². The maximum Gasteiger partial charge on any atom is 0.417 e. The van der Waals surface area contributed by atoms with Crippen LogP contribution in [-0.4, -0.2) is 66.2 Å². The average Bonchev–Trinajstić information content (AvgIpc) is 3.01. The highest BCUT2D eigenvalue weighted by Crippen LogP contribution is 2.44. The van der Waals surface area contributed by atoms with Gasteiger partial charge in [-0.1, -0.05) is 13.8 Å². The molecule has 2 aliphatic rings. The van der Waals surface area contributed by atoms with Crippen LogP contribution in [0.5, 0.6) is 11.9 Å². The summed E-state index contributed by atoms with van der Waals surface area (Å²) in [5.74, 6) is -2.76. The van der Waals surface area contributed by atoms with Gasteiger partial charge in [0, 0.05) is 44.7 Å². The van der Waals surface area contributed by atoms with E-state index in [-0.39, 0.29) is 43.1 Å². The van der Waals surface area contributed by atoms with E-state index in [0.717, 1.165) is 6.92 Å². The third kappa shape index (κ3) is 7.04. The molecule has 2 aromatic heterocycles. The van der Waals surface area contributed by atoms with E-state index >= 15 is 8.78 Å². The molecule has 242 valence electrons. The molecule has 9 nitrogen and oxygen atoms in total. The van der Waals surface area contributed by atoms with Gasteiger partial charge in [-0.3, -0.25) is 0 Å². The molecule has 15 heteroatoms. The number of hydrogen-bond acceptors (Lipinski definition) is 9. The Kier molecular flexibility index (Phi) is 10.3. The Hall–Kier alpha value is -3.59. The van der Waals surface area contributed by atoms with E-state index in [2.05, 4.69) is 25.6 Å². The number of nitrogens with one attached hydrogen (secondary N) is 2. The molecule has 0 spiro atoms. The van der Waals surface area contributed by atoms with Crippen molar-refractivity contribution in [2.24, 2.45) is 0 Å². The quantitative estimate of drug-likeness (QED) is 0.237. The van der Waals surface area contributed by atoms with E-state index in [0.29, 0.717) is 32.1 Å². The minimum absolute atomic E-state index is 0.0320. The van der Waals surface area contributed by atoms with Crippen LogP contribution >= 0.6 is 0 Å². The van der Waals surface area contributed by atoms with Gasteiger partial charge in [-0.15, -0.1) is 0 Å². The molecule has 1 fully saturated rings. The number of hydrogen-bond donors (Lipinski definition) is 3. The van der Waals surface area contributed by atoms with Crippen molar-refractivity contribution in [2.45, 2.75) is 64.9 Å². The van der Waals surface area contributed by atoms with E-state index in [1.54, 1.807) is 6.92 Å². The molecule has 4 N–H and O–H groups in total. The van der Waals surface area contributed by atoms with Crippen molar-refractivity contribution in [1.82, 2.24) is 20.3 Å². The monoisotopic (exact) mass is 630 g/mol. The summed E-state index contributed by atoms with van der Waals surface area (Å²) in [4.78, 5) is 12.6. The van der Waals surface area contributed by atoms with Crippen molar-refractivity contribution in [2.75, 3.05) is 50.5 Å². The molecular weight excluding hydrogens is 594 g/mol. The van der Waals surface area contributed by atoms with E-state index in [4.69, 9.17) is 19.9 Å². The number of alkyl halides is 4. The summed E-state index contributed by atoms with van der Waals surface area (Å²) < 4.78 is 106. The van der Waals surface area contributed by atoms with Gasteiger partial charge in [-0.05, 0) is 38.4 Å². The number of aromatic nitrogens is 3. The summed E-state index contributed by atoms with van der Waals surface area (Å²) in [6, 6.07) is 0.279. The number of nitrogens with zero attached hydrogens (tertiary/aromatic N) is 3. The van der Waals surface area contributed by atoms with Crippen molar-refractivity contribution in [3.8, 4) is 23.1 Å². The van der Waals surface area contributed by atoms with Crippen molar-refractivity contribution in [3.05, 3.63) is 28.8 Å². The molecule has 0 aliphatic carbocycles. The number of anilines is 2. The first kappa shape index (κ1) is 33.3. The third-order valence-corrected chi connectivity index (χ3v) is 7.28. The molecule has 2 aliphatic heterocycles. The summed E-state index contributed by atoms with van der Waals surface area (Å²) in [5.41, 5.74) is -1.00. The molecule has 0 amide bonds. The fraction of sp³-hybridized carbons (Fsp3) is 0.552. The standard InChI is InChI=1S/C27H30F6N6O3.C2H6/c1-13-3-6-35-7-8-36-23-17-22(38-25(39-23)41-12-26(30)4-9-40-10-5-26)20(29)21(37-24(17)42-13)15-11-16(34)19(28)14(2)18(15)27(31,32)33;1-2/h11,13,35H,3-10,12,34H2,1-2H3,(H,36,38,39);1-2H3. The largest absolute Gasteiger partial charge is 0.474 e. The van der Waals surface area contributed by atoms with Crippen LogP contribution in [-0.2, 0) is 10.9 Å². The molecule has 0 radical (unpaired) electrons. The highest BCUT2D eigenvalue weighted by Gasteiger charge is 2.39. The zero-order chi connectivity index (χ0) is 32.2. The maximum absolute atomic E-state index is 16.4. The average molecular weight is 631 g/mol. The topological polar surface area (TPSA) is 116 Å². The van der Waals surface area contributed by atoms with Crippen molar-refractivity contribution >= 4 is 22.4 Å². The van der Waals surface area contributed by atoms with Crippen molar-refractivity contribution in [3.63, 3.8) is 0 Å². The summed E-state index contributed by atoms with van der Waals surface area (Å²) >= 11 is 0. The number of benzene rings is 1. The number of nitrogen functional groups attached to an aromatic ring is 1. The predicted octanol–water partition coefficient (Wildman–Crippen LogP) is 5.98. The summed E-state index contributed by atoms with van der Waals surface area (Å²) in [7, 11) is 0. The number of ether oxygens (including phenoxy) is 3. The molecule has 1 unspecified atom stereocenters. The van der Waals surface area contributed by atoms with Gasteiger partial charge >= 0.3 is 12.2 Å². The lowest BCUT2D eigenvalue weighted by Gasteiger charge is -2.28. The van der Waals surface area contributed by atoms with Crippen LogP contribution in [0.2, 0.25) is 0 Å². The van der Waals surface area contributed by atoms with Gasteiger partial charge in [0.05, 0.1) is 17.4 Å². The van der Waals surface area contributed by atoms with E-state index in [9.17, 15) is 17.6 Å². The normalized spacial score (nSPS) is 18.7. The van der Waals surface area contributed by atoms with Crippen LogP contribution in [0.1, 0.15) is 51.2 Å². The molecule has 4 heterocycles. The lowest BCUT2D eigenvalue weighted by Crippen LogP contribution is -2.37. The zero-order valence-corrected chi connectivity index (χ0v) is 24.9. The van der Waals surface area contributed by atoms with Gasteiger partial charge in [0.1, 0.15) is 40.5 Å². The van der Waals surface area contributed by atoms with Crippen LogP contribution < -0.4 is 25.8 Å². The minimum atomic E-state index is -5.08. The highest BCUT2D eigenvalue weighted by molar-refractivity contribution is 5.96. The van der Waals surface area contributed by atoms with Crippen LogP contribution in [0.4, 0.5) is 37.8 Å². The Morgan fingerprint density at radius 3 is 2.45 bits per heavy atom. The molecule has 1 atom stereocenters. The first-order chi connectivity index (χ1) is 20.9. The second-order valence-electron chi connectivity index (χ2n) is 10.4. The summed E-state index contributed by atoms with van der Waals surface area (Å²) in [5, 5.41) is 6.19. The van der Waals surface area contributed by atoms with Gasteiger partial charge in [0.25, 0.3) is 0 Å². The molecule has 0 saturated carbocycles. The van der Waals surface area contributed by atoms with Gasteiger partial charge in [-0.2, -0.15) is 23.1 Å². The van der Waals surface area contributed by atoms with Gasteiger partial charge in [-0.25, -0.2) is 18.2 Å². The first-order valence-electron chi connectivity index (χ1n) is 14.5. The Balaban J connectivity index is 0.00000216. The molecule has 1 aromatic carbocycles. The van der Waals surface area contributed by atoms with Crippen LogP contribution in [0.25, 0.3) is 22.2 Å². The SMILES string of the molecule is CC.Cc1c(F)c(N)cc(-c2nc3c4c(nc(OCC5(F)CCOCC5)nc4c2F)NCCNCCC(C)O3)c1C(F)(F)F. The first-order valence-corrected chi connectivity index (χ1v) is 14.5. The van der Waals surface area contributed by atoms with Gasteiger partial charge < -0.3 is 30.6 Å². The Morgan fingerprint density at radius 1 is 1.07 bits per heavy atom. The number of nitrogens with two attached hydrogens (primary N) is 1. The number of halogens is 6. The molecule has 1 saturated heterocycles. The van der Waals surface area contributed by atoms with E-state index in [1.165, 1.54) is 0 Å². The fourth-order valence-corrected chi connectivity index (χ4v) is 4.97. The van der Waals surface area contributed by atoms with Gasteiger partial charge in [0.2, 0.25) is 5.88 Å². The van der Waals surface area contributed by atoms with E-state index < -0.39 is 75.8 Å². The Labute approximate surface area is 250 Å². The van der Waals surface area contributed by atoms with Crippen molar-refractivity contribution in [1.29, 1.82) is 0 Å². The molecule has 5 rings (SSSR count). The zero-order valence-electron chi connectivity index (χ0n) is 24.9. The number of pyridine rings is 1. The maximum atomic E-state index is 16.4. The molecular formula is C29H36F6N6O3. The minimum Gasteiger partial charge on any atom is -0.474 e. The third-order valence-electron chi connectivity index (χ3n) is 7.28. The lowest BCUT2D eigenvalue weighted by atomic mass is 9.96. The van der Waals surface area contributed by atoms with E-state index in [1.807, 2.05) is 13.8 Å². The second kappa shape index (κ2) is 13.6. The van der Waals surface area contributed by atoms with Gasteiger partial charge in [0.15, 0.2) is 5.82 Å². The second-order valence-corrected chi connectivity index (χ2v) is 10.4. The Bertz CT molecular complexity index is 1480. The fourth-order valence-electron chi connectivity index (χ4n) is 4.97. The van der Waals surface area contributed by atoms with Crippen LogP contribution in [0.3, 0.4) is 0 Å². The molecule has 0 bridgehead atoms. The lowest BCUT2D eigenvalue weighted by molar-refractivity contribution is -0.137. The molecule has 44 heavy (non-hydrogen) atoms. The highest BCUT2D eigenvalue weighted by atomic mass is 19.4. The smallest absolute Gasteiger partial charge is 0.417 e.